The monoisotopic (exact) mass is 286 g/mol. The molecule has 0 aliphatic carbocycles. The Kier molecular flexibility index (Phi) is 2.80. The predicted molar refractivity (Wildman–Crippen MR) is 91.0 cm³/mol. The molecule has 0 unspecified atom stereocenters. The summed E-state index contributed by atoms with van der Waals surface area (Å²) < 4.78 is 0. The van der Waals surface area contributed by atoms with Crippen molar-refractivity contribution < 1.29 is 0 Å². The molecule has 0 spiro atoms. The van der Waals surface area contributed by atoms with Gasteiger partial charge in [0.15, 0.2) is 0 Å². The van der Waals surface area contributed by atoms with E-state index >= 15 is 0 Å². The lowest BCUT2D eigenvalue weighted by Crippen LogP contribution is -2.30. The minimum atomic E-state index is -0.0154. The number of rotatable bonds is 1. The van der Waals surface area contributed by atoms with Crippen molar-refractivity contribution in [2.24, 2.45) is 0 Å². The second-order valence-electron chi connectivity index (χ2n) is 6.18. The van der Waals surface area contributed by atoms with E-state index in [-0.39, 0.29) is 5.41 Å². The molecule has 0 radical (unpaired) electrons. The number of nitrogens with zero attached hydrogens (tertiary/aromatic N) is 2. The fourth-order valence-electron chi connectivity index (χ4n) is 3.40. The number of benzene rings is 2. The molecule has 3 aromatic rings. The number of aromatic nitrogens is 1. The summed E-state index contributed by atoms with van der Waals surface area (Å²) in [6, 6.07) is 23.3. The largest absolute Gasteiger partial charge is 0.294 e. The van der Waals surface area contributed by atoms with Gasteiger partial charge in [-0.15, -0.1) is 0 Å². The lowest BCUT2D eigenvalue weighted by molar-refractivity contribution is 0.631. The summed E-state index contributed by atoms with van der Waals surface area (Å²) in [5, 5.41) is 0. The van der Waals surface area contributed by atoms with Crippen LogP contribution in [0.3, 0.4) is 0 Å². The van der Waals surface area contributed by atoms with Crippen molar-refractivity contribution in [1.29, 1.82) is 0 Å². The third-order valence-corrected chi connectivity index (χ3v) is 4.51. The molecule has 1 aliphatic heterocycles. The quantitative estimate of drug-likeness (QED) is 0.612. The van der Waals surface area contributed by atoms with Gasteiger partial charge in [-0.25, -0.2) is 4.98 Å². The summed E-state index contributed by atoms with van der Waals surface area (Å²) in [7, 11) is 0. The van der Waals surface area contributed by atoms with Gasteiger partial charge >= 0.3 is 0 Å². The second kappa shape index (κ2) is 4.70. The number of fused-ring (bicyclic) bond motifs is 2. The molecule has 2 heteroatoms. The van der Waals surface area contributed by atoms with Gasteiger partial charge in [-0.2, -0.15) is 0 Å². The van der Waals surface area contributed by atoms with E-state index in [2.05, 4.69) is 78.3 Å². The normalized spacial score (nSPS) is 15.1. The fourth-order valence-corrected chi connectivity index (χ4v) is 3.40. The second-order valence-corrected chi connectivity index (χ2v) is 6.18. The highest BCUT2D eigenvalue weighted by atomic mass is 15.2. The maximum absolute atomic E-state index is 4.57. The lowest BCUT2D eigenvalue weighted by atomic mass is 9.73. The van der Waals surface area contributed by atoms with E-state index in [0.29, 0.717) is 0 Å². The highest BCUT2D eigenvalue weighted by Gasteiger charge is 2.36. The molecule has 108 valence electrons. The molecule has 1 aromatic heterocycles. The van der Waals surface area contributed by atoms with E-state index in [1.54, 1.807) is 0 Å². The molecule has 4 rings (SSSR count). The zero-order valence-corrected chi connectivity index (χ0v) is 12.8. The van der Waals surface area contributed by atoms with E-state index < -0.39 is 0 Å². The average Bonchev–Trinajstić information content (AvgIpc) is 2.56. The third kappa shape index (κ3) is 1.77. The summed E-state index contributed by atoms with van der Waals surface area (Å²) >= 11 is 0. The molecule has 0 amide bonds. The molecule has 1 aliphatic rings. The summed E-state index contributed by atoms with van der Waals surface area (Å²) in [6.07, 6.45) is 1.85. The highest BCUT2D eigenvalue weighted by molar-refractivity contribution is 5.84. The Balaban J connectivity index is 2.05. The van der Waals surface area contributed by atoms with E-state index in [9.17, 15) is 0 Å². The van der Waals surface area contributed by atoms with Crippen LogP contribution in [0, 0.1) is 0 Å². The molecule has 2 aromatic carbocycles. The first-order valence-corrected chi connectivity index (χ1v) is 7.60. The minimum Gasteiger partial charge on any atom is -0.294 e. The van der Waals surface area contributed by atoms with Crippen LogP contribution in [-0.2, 0) is 5.41 Å². The van der Waals surface area contributed by atoms with Gasteiger partial charge in [-0.3, -0.25) is 4.90 Å². The zero-order chi connectivity index (χ0) is 15.2. The number of pyridine rings is 1. The summed E-state index contributed by atoms with van der Waals surface area (Å²) in [5.74, 6) is 0.956. The molecular weight excluding hydrogens is 268 g/mol. The van der Waals surface area contributed by atoms with Gasteiger partial charge in [-0.05, 0) is 35.4 Å². The first-order chi connectivity index (χ1) is 10.7. The number of para-hydroxylation sites is 2. The lowest BCUT2D eigenvalue weighted by Gasteiger charge is -2.41. The molecule has 2 heterocycles. The number of anilines is 3. The van der Waals surface area contributed by atoms with Crippen molar-refractivity contribution in [2.75, 3.05) is 4.90 Å². The first kappa shape index (κ1) is 13.1. The third-order valence-electron chi connectivity index (χ3n) is 4.51. The summed E-state index contributed by atoms with van der Waals surface area (Å²) in [4.78, 5) is 6.83. The van der Waals surface area contributed by atoms with E-state index in [4.69, 9.17) is 0 Å². The van der Waals surface area contributed by atoms with Gasteiger partial charge in [-0.1, -0.05) is 56.3 Å². The molecule has 0 N–H and O–H groups in total. The molecule has 0 saturated heterocycles. The van der Waals surface area contributed by atoms with E-state index in [0.717, 1.165) is 5.82 Å². The van der Waals surface area contributed by atoms with Crippen LogP contribution in [0.1, 0.15) is 25.0 Å². The van der Waals surface area contributed by atoms with E-state index in [1.165, 1.54) is 22.5 Å². The van der Waals surface area contributed by atoms with Crippen molar-refractivity contribution in [1.82, 2.24) is 4.98 Å². The van der Waals surface area contributed by atoms with Crippen LogP contribution < -0.4 is 4.90 Å². The Morgan fingerprint density at radius 2 is 1.27 bits per heavy atom. The Morgan fingerprint density at radius 3 is 1.82 bits per heavy atom. The number of hydrogen-bond acceptors (Lipinski definition) is 2. The highest BCUT2D eigenvalue weighted by Crippen LogP contribution is 2.50. The standard InChI is InChI=1S/C20H18N2/c1-20(2)15-9-3-5-11-17(15)22(19-13-7-8-14-21-19)18-12-6-4-10-16(18)20/h3-14H,1-2H3. The Bertz CT molecular complexity index is 772. The predicted octanol–water partition coefficient (Wildman–Crippen LogP) is 5.19. The topological polar surface area (TPSA) is 16.1 Å². The van der Waals surface area contributed by atoms with Crippen molar-refractivity contribution in [3.05, 3.63) is 84.1 Å². The van der Waals surface area contributed by atoms with Crippen LogP contribution >= 0.6 is 0 Å². The molecule has 0 atom stereocenters. The van der Waals surface area contributed by atoms with Gasteiger partial charge in [0, 0.05) is 11.6 Å². The van der Waals surface area contributed by atoms with Crippen molar-refractivity contribution in [3.63, 3.8) is 0 Å². The Labute approximate surface area is 131 Å². The Hall–Kier alpha value is -2.61. The van der Waals surface area contributed by atoms with Gasteiger partial charge in [0.2, 0.25) is 0 Å². The Morgan fingerprint density at radius 1 is 0.727 bits per heavy atom. The van der Waals surface area contributed by atoms with Crippen molar-refractivity contribution in [2.45, 2.75) is 19.3 Å². The van der Waals surface area contributed by atoms with Gasteiger partial charge < -0.3 is 0 Å². The molecule has 22 heavy (non-hydrogen) atoms. The average molecular weight is 286 g/mol. The maximum atomic E-state index is 4.57. The van der Waals surface area contributed by atoms with Crippen LogP contribution in [0.15, 0.2) is 72.9 Å². The summed E-state index contributed by atoms with van der Waals surface area (Å²) in [5.41, 5.74) is 5.08. The number of hydrogen-bond donors (Lipinski definition) is 0. The maximum Gasteiger partial charge on any atom is 0.137 e. The van der Waals surface area contributed by atoms with Crippen LogP contribution in [0.2, 0.25) is 0 Å². The van der Waals surface area contributed by atoms with Gasteiger partial charge in [0.05, 0.1) is 11.4 Å². The SMILES string of the molecule is CC1(C)c2ccccc2N(c2ccccn2)c2ccccc21. The van der Waals surface area contributed by atoms with Crippen molar-refractivity contribution in [3.8, 4) is 0 Å². The van der Waals surface area contributed by atoms with Crippen LogP contribution in [0.4, 0.5) is 17.2 Å². The minimum absolute atomic E-state index is 0.0154. The van der Waals surface area contributed by atoms with Crippen LogP contribution in [-0.4, -0.2) is 4.98 Å². The van der Waals surface area contributed by atoms with E-state index in [1.807, 2.05) is 18.3 Å². The van der Waals surface area contributed by atoms with Crippen LogP contribution in [0.5, 0.6) is 0 Å². The van der Waals surface area contributed by atoms with Crippen LogP contribution in [0.25, 0.3) is 0 Å². The van der Waals surface area contributed by atoms with Crippen molar-refractivity contribution >= 4 is 17.2 Å². The van der Waals surface area contributed by atoms with Gasteiger partial charge in [0.25, 0.3) is 0 Å². The molecular formula is C20H18N2. The molecule has 0 bridgehead atoms. The fraction of sp³-hybridized carbons (Fsp3) is 0.150. The zero-order valence-electron chi connectivity index (χ0n) is 12.8. The molecule has 2 nitrogen and oxygen atoms in total. The van der Waals surface area contributed by atoms with Gasteiger partial charge in [0.1, 0.15) is 5.82 Å². The molecule has 0 fully saturated rings. The first-order valence-electron chi connectivity index (χ1n) is 7.60. The molecule has 0 saturated carbocycles. The summed E-state index contributed by atoms with van der Waals surface area (Å²) in [6.45, 7) is 4.58. The smallest absolute Gasteiger partial charge is 0.137 e.